The van der Waals surface area contributed by atoms with Gasteiger partial charge in [0.25, 0.3) is 0 Å². The van der Waals surface area contributed by atoms with Crippen molar-refractivity contribution in [2.45, 2.75) is 12.8 Å². The predicted molar refractivity (Wildman–Crippen MR) is 86.7 cm³/mol. The number of carbonyl (C=O) groups is 2. The van der Waals surface area contributed by atoms with Crippen LogP contribution >= 0.6 is 0 Å². The van der Waals surface area contributed by atoms with Gasteiger partial charge in [-0.2, -0.15) is 5.10 Å². The van der Waals surface area contributed by atoms with Gasteiger partial charge in [-0.05, 0) is 6.42 Å². The van der Waals surface area contributed by atoms with Crippen LogP contribution < -0.4 is 9.62 Å². The van der Waals surface area contributed by atoms with E-state index >= 15 is 0 Å². The lowest BCUT2D eigenvalue weighted by Gasteiger charge is -2.33. The first-order valence-electron chi connectivity index (χ1n) is 7.91. The average molecular weight is 355 g/mol. The van der Waals surface area contributed by atoms with Crippen molar-refractivity contribution in [1.29, 1.82) is 0 Å². The van der Waals surface area contributed by atoms with Gasteiger partial charge in [-0.25, -0.2) is 13.1 Å². The maximum absolute atomic E-state index is 12.8. The van der Waals surface area contributed by atoms with Gasteiger partial charge in [0.15, 0.2) is 0 Å². The summed E-state index contributed by atoms with van der Waals surface area (Å²) in [5.74, 6) is -0.511. The van der Waals surface area contributed by atoms with E-state index in [2.05, 4.69) is 9.82 Å². The van der Waals surface area contributed by atoms with Gasteiger partial charge in [0.1, 0.15) is 0 Å². The molecule has 24 heavy (non-hydrogen) atoms. The van der Waals surface area contributed by atoms with Crippen molar-refractivity contribution in [2.75, 3.05) is 36.8 Å². The minimum atomic E-state index is -3.30. The second kappa shape index (κ2) is 6.52. The molecule has 2 saturated heterocycles. The number of piperidine rings is 1. The Morgan fingerprint density at radius 1 is 1.38 bits per heavy atom. The Kier molecular flexibility index (Phi) is 4.59. The van der Waals surface area contributed by atoms with Crippen LogP contribution in [0.1, 0.15) is 12.8 Å². The molecule has 0 saturated carbocycles. The van der Waals surface area contributed by atoms with E-state index < -0.39 is 10.0 Å². The molecule has 1 N–H and O–H groups in total. The highest BCUT2D eigenvalue weighted by atomic mass is 32.2. The van der Waals surface area contributed by atoms with E-state index in [1.165, 1.54) is 0 Å². The summed E-state index contributed by atoms with van der Waals surface area (Å²) in [6.07, 6.45) is 4.14. The minimum Gasteiger partial charge on any atom is -0.340 e. The maximum atomic E-state index is 12.8. The van der Waals surface area contributed by atoms with Crippen molar-refractivity contribution < 1.29 is 18.0 Å². The van der Waals surface area contributed by atoms with Gasteiger partial charge < -0.3 is 9.80 Å². The fraction of sp³-hybridized carbons (Fsp3) is 0.643. The van der Waals surface area contributed by atoms with E-state index in [9.17, 15) is 18.0 Å². The summed E-state index contributed by atoms with van der Waals surface area (Å²) in [6.45, 7) is 1.08. The Bertz CT molecular complexity index is 744. The fourth-order valence-corrected chi connectivity index (χ4v) is 4.08. The molecular formula is C14H21N5O4S. The van der Waals surface area contributed by atoms with E-state index in [1.807, 2.05) is 0 Å². The van der Waals surface area contributed by atoms with Crippen LogP contribution in [0.4, 0.5) is 5.69 Å². The molecule has 10 heteroatoms. The molecule has 3 heterocycles. The average Bonchev–Trinajstić information content (AvgIpc) is 2.87. The van der Waals surface area contributed by atoms with Crippen molar-refractivity contribution >= 4 is 27.5 Å². The van der Waals surface area contributed by atoms with Gasteiger partial charge >= 0.3 is 0 Å². The topological polar surface area (TPSA) is 105 Å². The highest BCUT2D eigenvalue weighted by molar-refractivity contribution is 7.89. The molecule has 132 valence electrons. The van der Waals surface area contributed by atoms with E-state index in [-0.39, 0.29) is 36.6 Å². The Hall–Kier alpha value is -1.94. The summed E-state index contributed by atoms with van der Waals surface area (Å²) >= 11 is 0. The number of carbonyl (C=O) groups excluding carboxylic acids is 2. The summed E-state index contributed by atoms with van der Waals surface area (Å²) in [7, 11) is -1.53. The summed E-state index contributed by atoms with van der Waals surface area (Å²) in [5.41, 5.74) is 0.681. The van der Waals surface area contributed by atoms with Gasteiger partial charge in [-0.1, -0.05) is 0 Å². The number of aryl methyl sites for hydroxylation is 1. The monoisotopic (exact) mass is 355 g/mol. The fourth-order valence-electron chi connectivity index (χ4n) is 3.07. The quantitative estimate of drug-likeness (QED) is 0.727. The lowest BCUT2D eigenvalue weighted by molar-refractivity contribution is -0.136. The third-order valence-electron chi connectivity index (χ3n) is 4.41. The van der Waals surface area contributed by atoms with Crippen LogP contribution in [0.2, 0.25) is 0 Å². The molecule has 1 atom stereocenters. The van der Waals surface area contributed by atoms with Crippen LogP contribution in [-0.2, 0) is 26.7 Å². The van der Waals surface area contributed by atoms with E-state index in [4.69, 9.17) is 0 Å². The first kappa shape index (κ1) is 16.9. The number of hydrogen-bond donors (Lipinski definition) is 1. The van der Waals surface area contributed by atoms with Crippen molar-refractivity contribution in [3.8, 4) is 0 Å². The van der Waals surface area contributed by atoms with Crippen LogP contribution in [0.3, 0.4) is 0 Å². The Morgan fingerprint density at radius 3 is 2.88 bits per heavy atom. The second-order valence-electron chi connectivity index (χ2n) is 6.15. The molecule has 3 rings (SSSR count). The molecule has 1 unspecified atom stereocenters. The molecule has 0 bridgehead atoms. The molecule has 2 amide bonds. The van der Waals surface area contributed by atoms with E-state index in [1.54, 1.807) is 33.9 Å². The smallest absolute Gasteiger partial charge is 0.227 e. The van der Waals surface area contributed by atoms with Gasteiger partial charge in [-0.3, -0.25) is 14.3 Å². The number of nitrogens with one attached hydrogen (secondary N) is 1. The van der Waals surface area contributed by atoms with Crippen molar-refractivity contribution in [3.05, 3.63) is 12.4 Å². The molecular weight excluding hydrogens is 334 g/mol. The zero-order valence-corrected chi connectivity index (χ0v) is 14.3. The summed E-state index contributed by atoms with van der Waals surface area (Å²) in [6, 6.07) is 0. The van der Waals surface area contributed by atoms with E-state index in [0.717, 1.165) is 0 Å². The number of anilines is 1. The van der Waals surface area contributed by atoms with Gasteiger partial charge in [0, 0.05) is 45.8 Å². The number of sulfonamides is 1. The van der Waals surface area contributed by atoms with Crippen LogP contribution in [0.5, 0.6) is 0 Å². The molecule has 0 aromatic carbocycles. The van der Waals surface area contributed by atoms with Crippen LogP contribution in [0.15, 0.2) is 12.4 Å². The van der Waals surface area contributed by atoms with Crippen molar-refractivity contribution in [3.63, 3.8) is 0 Å². The van der Waals surface area contributed by atoms with Crippen LogP contribution in [-0.4, -0.2) is 66.8 Å². The Labute approximate surface area is 140 Å². The molecule has 1 aromatic rings. The first-order chi connectivity index (χ1) is 11.4. The lowest BCUT2D eigenvalue weighted by Crippen LogP contribution is -2.48. The second-order valence-corrected chi connectivity index (χ2v) is 8.08. The summed E-state index contributed by atoms with van der Waals surface area (Å²) < 4.78 is 27.2. The Balaban J connectivity index is 1.70. The molecule has 2 fully saturated rings. The highest BCUT2D eigenvalue weighted by Gasteiger charge is 2.34. The predicted octanol–water partition coefficient (Wildman–Crippen LogP) is -1.08. The zero-order chi connectivity index (χ0) is 17.3. The zero-order valence-electron chi connectivity index (χ0n) is 13.5. The third-order valence-corrected chi connectivity index (χ3v) is 5.77. The largest absolute Gasteiger partial charge is 0.340 e. The van der Waals surface area contributed by atoms with Crippen molar-refractivity contribution in [1.82, 2.24) is 19.4 Å². The normalized spacial score (nSPS) is 24.7. The van der Waals surface area contributed by atoms with Gasteiger partial charge in [0.05, 0.1) is 23.6 Å². The van der Waals surface area contributed by atoms with Gasteiger partial charge in [0.2, 0.25) is 21.8 Å². The molecule has 2 aliphatic heterocycles. The molecule has 0 spiro atoms. The van der Waals surface area contributed by atoms with E-state index in [0.29, 0.717) is 31.6 Å². The standard InChI is InChI=1S/C14H21N5O4S/c1-17-10-12(8-15-17)19-9-11(2-3-13(19)20)14(21)18-5-4-16-24(22,23)7-6-18/h8,10-11,16H,2-7,9H2,1H3. The molecule has 2 aliphatic rings. The van der Waals surface area contributed by atoms with Gasteiger partial charge in [-0.15, -0.1) is 0 Å². The number of aromatic nitrogens is 2. The number of rotatable bonds is 2. The minimum absolute atomic E-state index is 0.0211. The highest BCUT2D eigenvalue weighted by Crippen LogP contribution is 2.25. The first-order valence-corrected chi connectivity index (χ1v) is 9.56. The molecule has 1 aromatic heterocycles. The molecule has 9 nitrogen and oxygen atoms in total. The SMILES string of the molecule is Cn1cc(N2CC(C(=O)N3CCNS(=O)(=O)CC3)CCC2=O)cn1. The number of hydrogen-bond acceptors (Lipinski definition) is 5. The summed E-state index contributed by atoms with van der Waals surface area (Å²) in [5, 5.41) is 4.07. The molecule has 0 aliphatic carbocycles. The lowest BCUT2D eigenvalue weighted by atomic mass is 9.95. The maximum Gasteiger partial charge on any atom is 0.227 e. The molecule has 0 radical (unpaired) electrons. The van der Waals surface area contributed by atoms with Crippen LogP contribution in [0, 0.1) is 5.92 Å². The summed E-state index contributed by atoms with van der Waals surface area (Å²) in [4.78, 5) is 28.1. The van der Waals surface area contributed by atoms with Crippen molar-refractivity contribution in [2.24, 2.45) is 13.0 Å². The third kappa shape index (κ3) is 3.59. The number of amides is 2. The number of nitrogens with zero attached hydrogens (tertiary/aromatic N) is 4. The Morgan fingerprint density at radius 2 is 2.17 bits per heavy atom. The van der Waals surface area contributed by atoms with Crippen LogP contribution in [0.25, 0.3) is 0 Å².